The number of hydrogen-bond acceptors (Lipinski definition) is 7. The number of nitrogens with one attached hydrogen (secondary N) is 2. The first-order valence-electron chi connectivity index (χ1n) is 8.65. The Hall–Kier alpha value is -1.58. The van der Waals surface area contributed by atoms with Gasteiger partial charge in [-0.2, -0.15) is 0 Å². The first-order chi connectivity index (χ1) is 12.5. The SMILES string of the molecule is CCOCCCNC(=O)c1cccc(NC2=N[C@@H]3CS(=O)(=O)C[C@H]3S2)c1. The third-order valence-corrected chi connectivity index (χ3v) is 7.29. The minimum atomic E-state index is -2.95. The minimum Gasteiger partial charge on any atom is -0.382 e. The number of benzene rings is 1. The second kappa shape index (κ2) is 8.41. The highest BCUT2D eigenvalue weighted by atomic mass is 32.2. The number of anilines is 1. The van der Waals surface area contributed by atoms with E-state index in [1.54, 1.807) is 12.1 Å². The van der Waals surface area contributed by atoms with Gasteiger partial charge in [0.15, 0.2) is 15.0 Å². The summed E-state index contributed by atoms with van der Waals surface area (Å²) in [7, 11) is -2.95. The van der Waals surface area contributed by atoms with E-state index < -0.39 is 9.84 Å². The van der Waals surface area contributed by atoms with Gasteiger partial charge in [-0.15, -0.1) is 0 Å². The molecular formula is C17H23N3O4S2. The molecular weight excluding hydrogens is 374 g/mol. The Bertz CT molecular complexity index is 795. The lowest BCUT2D eigenvalue weighted by atomic mass is 10.2. The zero-order valence-corrected chi connectivity index (χ0v) is 16.2. The molecule has 0 spiro atoms. The summed E-state index contributed by atoms with van der Waals surface area (Å²) in [4.78, 5) is 16.7. The van der Waals surface area contributed by atoms with Crippen LogP contribution in [0.5, 0.6) is 0 Å². The number of nitrogens with zero attached hydrogens (tertiary/aromatic N) is 1. The molecule has 1 fully saturated rings. The molecule has 9 heteroatoms. The fraction of sp³-hybridized carbons (Fsp3) is 0.529. The Balaban J connectivity index is 1.54. The maximum absolute atomic E-state index is 12.2. The number of carbonyl (C=O) groups excluding carboxylic acids is 1. The molecule has 1 aromatic rings. The van der Waals surface area contributed by atoms with Crippen molar-refractivity contribution < 1.29 is 17.9 Å². The second-order valence-corrected chi connectivity index (χ2v) is 9.63. The maximum Gasteiger partial charge on any atom is 0.251 e. The van der Waals surface area contributed by atoms with Gasteiger partial charge in [-0.3, -0.25) is 9.79 Å². The van der Waals surface area contributed by atoms with Crippen molar-refractivity contribution in [3.63, 3.8) is 0 Å². The molecule has 0 bridgehead atoms. The lowest BCUT2D eigenvalue weighted by Gasteiger charge is -2.09. The normalized spacial score (nSPS) is 23.3. The molecule has 0 aromatic heterocycles. The van der Waals surface area contributed by atoms with Crippen LogP contribution < -0.4 is 10.6 Å². The summed E-state index contributed by atoms with van der Waals surface area (Å²) in [5.74, 6) is 0.176. The number of thioether (sulfide) groups is 1. The highest BCUT2D eigenvalue weighted by Gasteiger charge is 2.42. The van der Waals surface area contributed by atoms with Crippen LogP contribution in [0.3, 0.4) is 0 Å². The number of hydrogen-bond donors (Lipinski definition) is 2. The monoisotopic (exact) mass is 397 g/mol. The van der Waals surface area contributed by atoms with E-state index in [0.717, 1.165) is 12.1 Å². The first-order valence-corrected chi connectivity index (χ1v) is 11.3. The molecule has 1 aromatic carbocycles. The third-order valence-electron chi connectivity index (χ3n) is 4.15. The van der Waals surface area contributed by atoms with Crippen LogP contribution in [0.1, 0.15) is 23.7 Å². The Morgan fingerprint density at radius 2 is 2.23 bits per heavy atom. The van der Waals surface area contributed by atoms with Crippen LogP contribution in [-0.4, -0.2) is 62.0 Å². The van der Waals surface area contributed by atoms with Gasteiger partial charge in [-0.05, 0) is 31.5 Å². The summed E-state index contributed by atoms with van der Waals surface area (Å²) in [6.07, 6.45) is 0.774. The van der Waals surface area contributed by atoms with Crippen molar-refractivity contribution in [1.29, 1.82) is 0 Å². The molecule has 2 atom stereocenters. The minimum absolute atomic E-state index is 0.000629. The largest absolute Gasteiger partial charge is 0.382 e. The third kappa shape index (κ3) is 4.99. The second-order valence-electron chi connectivity index (χ2n) is 6.25. The lowest BCUT2D eigenvalue weighted by Crippen LogP contribution is -2.25. The smallest absolute Gasteiger partial charge is 0.251 e. The molecule has 26 heavy (non-hydrogen) atoms. The number of aliphatic imine (C=N–C) groups is 1. The van der Waals surface area contributed by atoms with E-state index in [1.807, 2.05) is 19.1 Å². The Morgan fingerprint density at radius 1 is 1.38 bits per heavy atom. The quantitative estimate of drug-likeness (QED) is 0.677. The molecule has 1 saturated heterocycles. The molecule has 2 aliphatic rings. The number of amidine groups is 1. The number of fused-ring (bicyclic) bond motifs is 1. The molecule has 1 amide bonds. The van der Waals surface area contributed by atoms with Crippen molar-refractivity contribution in [1.82, 2.24) is 5.32 Å². The van der Waals surface area contributed by atoms with Crippen LogP contribution in [0.15, 0.2) is 29.3 Å². The Morgan fingerprint density at radius 3 is 3.00 bits per heavy atom. The van der Waals surface area contributed by atoms with E-state index >= 15 is 0 Å². The van der Waals surface area contributed by atoms with Gasteiger partial charge in [0, 0.05) is 36.3 Å². The van der Waals surface area contributed by atoms with E-state index in [4.69, 9.17) is 4.74 Å². The van der Waals surface area contributed by atoms with Crippen molar-refractivity contribution in [3.05, 3.63) is 29.8 Å². The predicted octanol–water partition coefficient (Wildman–Crippen LogP) is 1.52. The van der Waals surface area contributed by atoms with Gasteiger partial charge >= 0.3 is 0 Å². The van der Waals surface area contributed by atoms with E-state index in [0.29, 0.717) is 30.5 Å². The van der Waals surface area contributed by atoms with Crippen molar-refractivity contribution >= 4 is 38.4 Å². The van der Waals surface area contributed by atoms with E-state index in [2.05, 4.69) is 15.6 Å². The molecule has 3 rings (SSSR count). The van der Waals surface area contributed by atoms with Crippen molar-refractivity contribution in [2.75, 3.05) is 36.6 Å². The number of sulfone groups is 1. The molecule has 0 unspecified atom stereocenters. The number of rotatable bonds is 7. The first kappa shape index (κ1) is 19.2. The molecule has 0 aliphatic carbocycles. The zero-order valence-electron chi connectivity index (χ0n) is 14.6. The average Bonchev–Trinajstić information content (AvgIpc) is 3.07. The van der Waals surface area contributed by atoms with Gasteiger partial charge in [0.2, 0.25) is 0 Å². The summed E-state index contributed by atoms with van der Waals surface area (Å²) in [6.45, 7) is 3.82. The standard InChI is InChI=1S/C17H23N3O4S2/c1-2-24-8-4-7-18-16(21)12-5-3-6-13(9-12)19-17-20-14-10-26(22,23)11-15(14)25-17/h3,5-6,9,14-15H,2,4,7-8,10-11H2,1H3,(H,18,21)(H,19,20)/t14-,15-/m1/s1. The summed E-state index contributed by atoms with van der Waals surface area (Å²) < 4.78 is 28.5. The molecule has 142 valence electrons. The van der Waals surface area contributed by atoms with Crippen molar-refractivity contribution in [3.8, 4) is 0 Å². The topological polar surface area (TPSA) is 96.9 Å². The molecule has 2 aliphatic heterocycles. The van der Waals surface area contributed by atoms with Crippen molar-refractivity contribution in [2.45, 2.75) is 24.6 Å². The van der Waals surface area contributed by atoms with Crippen molar-refractivity contribution in [2.24, 2.45) is 4.99 Å². The number of ether oxygens (including phenoxy) is 1. The highest BCUT2D eigenvalue weighted by Crippen LogP contribution is 2.34. The molecule has 0 radical (unpaired) electrons. The van der Waals surface area contributed by atoms with E-state index in [9.17, 15) is 13.2 Å². The molecule has 0 saturated carbocycles. The van der Waals surface area contributed by atoms with Crippen LogP contribution in [-0.2, 0) is 14.6 Å². The zero-order chi connectivity index (χ0) is 18.6. The Labute approximate surface area is 157 Å². The number of amides is 1. The van der Waals surface area contributed by atoms with E-state index in [1.165, 1.54) is 11.8 Å². The fourth-order valence-electron chi connectivity index (χ4n) is 2.90. The molecule has 2 N–H and O–H groups in total. The molecule has 2 heterocycles. The summed E-state index contributed by atoms with van der Waals surface area (Å²) >= 11 is 1.46. The summed E-state index contributed by atoms with van der Waals surface area (Å²) in [6, 6.07) is 7.03. The lowest BCUT2D eigenvalue weighted by molar-refractivity contribution is 0.0944. The number of carbonyl (C=O) groups is 1. The summed E-state index contributed by atoms with van der Waals surface area (Å²) in [5.41, 5.74) is 1.33. The maximum atomic E-state index is 12.2. The van der Waals surface area contributed by atoms with Crippen LogP contribution in [0, 0.1) is 0 Å². The van der Waals surface area contributed by atoms with Gasteiger partial charge in [0.1, 0.15) is 0 Å². The van der Waals surface area contributed by atoms with Gasteiger partial charge < -0.3 is 15.4 Å². The van der Waals surface area contributed by atoms with Gasteiger partial charge in [-0.25, -0.2) is 8.42 Å². The molecule has 7 nitrogen and oxygen atoms in total. The van der Waals surface area contributed by atoms with Gasteiger partial charge in [0.25, 0.3) is 5.91 Å². The highest BCUT2D eigenvalue weighted by molar-refractivity contribution is 8.15. The van der Waals surface area contributed by atoms with Crippen LogP contribution in [0.2, 0.25) is 0 Å². The Kier molecular flexibility index (Phi) is 6.20. The van der Waals surface area contributed by atoms with Crippen LogP contribution in [0.25, 0.3) is 0 Å². The average molecular weight is 398 g/mol. The van der Waals surface area contributed by atoms with Gasteiger partial charge in [-0.1, -0.05) is 17.8 Å². The van der Waals surface area contributed by atoms with Crippen LogP contribution in [0.4, 0.5) is 5.69 Å². The predicted molar refractivity (Wildman–Crippen MR) is 105 cm³/mol. The van der Waals surface area contributed by atoms with Gasteiger partial charge in [0.05, 0.1) is 17.5 Å². The fourth-order valence-corrected chi connectivity index (χ4v) is 6.58. The van der Waals surface area contributed by atoms with E-state index in [-0.39, 0.29) is 28.7 Å². The van der Waals surface area contributed by atoms with Crippen LogP contribution >= 0.6 is 11.8 Å². The summed E-state index contributed by atoms with van der Waals surface area (Å²) in [5, 5.41) is 6.78.